The molecule has 1 aliphatic rings. The third-order valence-electron chi connectivity index (χ3n) is 2.70. The summed E-state index contributed by atoms with van der Waals surface area (Å²) in [6.45, 7) is 7.26. The summed E-state index contributed by atoms with van der Waals surface area (Å²) in [7, 11) is 0. The monoisotopic (exact) mass is 247 g/mol. The van der Waals surface area contributed by atoms with E-state index in [0.717, 1.165) is 13.1 Å². The van der Waals surface area contributed by atoms with E-state index in [4.69, 9.17) is 11.6 Å². The minimum absolute atomic E-state index is 0.183. The predicted octanol–water partition coefficient (Wildman–Crippen LogP) is 0.487. The Hall–Kier alpha value is -0.810. The normalized spacial score (nSPS) is 17.6. The number of amides is 3. The number of urea groups is 1. The van der Waals surface area contributed by atoms with E-state index >= 15 is 0 Å². The molecule has 1 heterocycles. The van der Waals surface area contributed by atoms with Gasteiger partial charge in [-0.3, -0.25) is 15.0 Å². The molecule has 5 nitrogen and oxygen atoms in total. The van der Waals surface area contributed by atoms with Gasteiger partial charge in [-0.15, -0.1) is 11.6 Å². The second-order valence-corrected chi connectivity index (χ2v) is 4.37. The van der Waals surface area contributed by atoms with Gasteiger partial charge in [0.1, 0.15) is 5.88 Å². The smallest absolute Gasteiger partial charge is 0.322 e. The largest absolute Gasteiger partial charge is 0.324 e. The van der Waals surface area contributed by atoms with Crippen molar-refractivity contribution in [2.75, 3.05) is 32.1 Å². The van der Waals surface area contributed by atoms with Crippen molar-refractivity contribution in [3.05, 3.63) is 0 Å². The Morgan fingerprint density at radius 2 is 1.81 bits per heavy atom. The van der Waals surface area contributed by atoms with Crippen molar-refractivity contribution in [3.63, 3.8) is 0 Å². The molecular weight excluding hydrogens is 230 g/mol. The highest BCUT2D eigenvalue weighted by atomic mass is 35.5. The van der Waals surface area contributed by atoms with E-state index in [1.54, 1.807) is 4.90 Å². The number of nitrogens with zero attached hydrogens (tertiary/aromatic N) is 2. The molecule has 6 heteroatoms. The van der Waals surface area contributed by atoms with Gasteiger partial charge in [-0.25, -0.2) is 4.79 Å². The van der Waals surface area contributed by atoms with Crippen LogP contribution in [0.1, 0.15) is 13.8 Å². The molecule has 1 fully saturated rings. The van der Waals surface area contributed by atoms with Gasteiger partial charge in [-0.2, -0.15) is 0 Å². The molecule has 0 bridgehead atoms. The minimum atomic E-state index is -0.446. The fourth-order valence-electron chi connectivity index (χ4n) is 1.67. The van der Waals surface area contributed by atoms with Gasteiger partial charge in [0.05, 0.1) is 0 Å². The first-order valence-corrected chi connectivity index (χ1v) is 5.97. The average Bonchev–Trinajstić information content (AvgIpc) is 2.28. The summed E-state index contributed by atoms with van der Waals surface area (Å²) in [5, 5.41) is 2.24. The van der Waals surface area contributed by atoms with E-state index < -0.39 is 5.91 Å². The van der Waals surface area contributed by atoms with Crippen LogP contribution in [0.2, 0.25) is 0 Å². The molecule has 0 unspecified atom stereocenters. The fourth-order valence-corrected chi connectivity index (χ4v) is 1.74. The molecule has 3 amide bonds. The van der Waals surface area contributed by atoms with Crippen molar-refractivity contribution in [1.82, 2.24) is 15.1 Å². The van der Waals surface area contributed by atoms with E-state index in [0.29, 0.717) is 19.1 Å². The summed E-state index contributed by atoms with van der Waals surface area (Å²) >= 11 is 5.31. The lowest BCUT2D eigenvalue weighted by Crippen LogP contribution is -2.54. The lowest BCUT2D eigenvalue weighted by Gasteiger charge is -2.36. The molecule has 1 N–H and O–H groups in total. The zero-order valence-corrected chi connectivity index (χ0v) is 10.5. The number of carbonyl (C=O) groups is 2. The van der Waals surface area contributed by atoms with Gasteiger partial charge < -0.3 is 4.90 Å². The Bertz CT molecular complexity index is 263. The van der Waals surface area contributed by atoms with Crippen LogP contribution in [0.15, 0.2) is 0 Å². The van der Waals surface area contributed by atoms with Crippen molar-refractivity contribution in [3.8, 4) is 0 Å². The lowest BCUT2D eigenvalue weighted by atomic mass is 10.2. The third kappa shape index (κ3) is 3.64. The SMILES string of the molecule is CC(C)N1CCN(C(=O)NC(=O)CCl)CC1. The average molecular weight is 248 g/mol. The maximum Gasteiger partial charge on any atom is 0.324 e. The van der Waals surface area contributed by atoms with Crippen LogP contribution in [-0.4, -0.2) is 59.8 Å². The Labute approximate surface area is 101 Å². The maximum absolute atomic E-state index is 11.6. The Morgan fingerprint density at radius 3 is 2.25 bits per heavy atom. The van der Waals surface area contributed by atoms with Crippen molar-refractivity contribution in [1.29, 1.82) is 0 Å². The van der Waals surface area contributed by atoms with Gasteiger partial charge in [0.25, 0.3) is 0 Å². The molecule has 0 aliphatic carbocycles. The molecular formula is C10H18ClN3O2. The molecule has 0 aromatic carbocycles. The molecule has 0 aromatic rings. The van der Waals surface area contributed by atoms with Gasteiger partial charge in [0.15, 0.2) is 0 Å². The summed E-state index contributed by atoms with van der Waals surface area (Å²) in [6, 6.07) is 0.156. The number of nitrogens with one attached hydrogen (secondary N) is 1. The second-order valence-electron chi connectivity index (χ2n) is 4.10. The van der Waals surface area contributed by atoms with E-state index in [2.05, 4.69) is 24.1 Å². The van der Waals surface area contributed by atoms with Gasteiger partial charge in [-0.1, -0.05) is 0 Å². The predicted molar refractivity (Wildman–Crippen MR) is 62.5 cm³/mol. The maximum atomic E-state index is 11.6. The number of rotatable bonds is 2. The van der Waals surface area contributed by atoms with Gasteiger partial charge in [0, 0.05) is 32.2 Å². The number of piperazine rings is 1. The third-order valence-corrected chi connectivity index (χ3v) is 2.94. The molecule has 1 rings (SSSR count). The second kappa shape index (κ2) is 6.06. The highest BCUT2D eigenvalue weighted by molar-refractivity contribution is 6.28. The Balaban J connectivity index is 2.36. The molecule has 0 spiro atoms. The summed E-state index contributed by atoms with van der Waals surface area (Å²) < 4.78 is 0. The topological polar surface area (TPSA) is 52.6 Å². The number of hydrogen-bond donors (Lipinski definition) is 1. The van der Waals surface area contributed by atoms with Crippen LogP contribution < -0.4 is 5.32 Å². The summed E-state index contributed by atoms with van der Waals surface area (Å²) in [5.41, 5.74) is 0. The zero-order valence-electron chi connectivity index (χ0n) is 9.70. The van der Waals surface area contributed by atoms with Crippen molar-refractivity contribution in [2.45, 2.75) is 19.9 Å². The highest BCUT2D eigenvalue weighted by Crippen LogP contribution is 2.05. The molecule has 0 aromatic heterocycles. The van der Waals surface area contributed by atoms with Crippen molar-refractivity contribution < 1.29 is 9.59 Å². The van der Waals surface area contributed by atoms with E-state index in [-0.39, 0.29) is 11.9 Å². The number of hydrogen-bond acceptors (Lipinski definition) is 3. The summed E-state index contributed by atoms with van der Waals surface area (Å²) in [4.78, 5) is 26.4. The lowest BCUT2D eigenvalue weighted by molar-refractivity contribution is -0.117. The molecule has 0 atom stereocenters. The number of halogens is 1. The van der Waals surface area contributed by atoms with E-state index in [9.17, 15) is 9.59 Å². The fraction of sp³-hybridized carbons (Fsp3) is 0.800. The molecule has 92 valence electrons. The van der Waals surface area contributed by atoms with Crippen LogP contribution in [0.3, 0.4) is 0 Å². The van der Waals surface area contributed by atoms with Gasteiger partial charge in [-0.05, 0) is 13.8 Å². The molecule has 16 heavy (non-hydrogen) atoms. The van der Waals surface area contributed by atoms with Crippen LogP contribution in [0.25, 0.3) is 0 Å². The molecule has 0 saturated carbocycles. The number of carbonyl (C=O) groups excluding carboxylic acids is 2. The Kier molecular flexibility index (Phi) is 5.02. The Morgan fingerprint density at radius 1 is 1.25 bits per heavy atom. The molecule has 1 aliphatic heterocycles. The standard InChI is InChI=1S/C10H18ClN3O2/c1-8(2)13-3-5-14(6-4-13)10(16)12-9(15)7-11/h8H,3-7H2,1-2H3,(H,12,15,16). The zero-order chi connectivity index (χ0) is 12.1. The van der Waals surface area contributed by atoms with Gasteiger partial charge in [0.2, 0.25) is 5.91 Å². The van der Waals surface area contributed by atoms with Gasteiger partial charge >= 0.3 is 6.03 Å². The first-order chi connectivity index (χ1) is 7.54. The van der Waals surface area contributed by atoms with Crippen LogP contribution in [0.5, 0.6) is 0 Å². The quantitative estimate of drug-likeness (QED) is 0.723. The summed E-state index contributed by atoms with van der Waals surface area (Å²) in [5.74, 6) is -0.629. The first kappa shape index (κ1) is 13.3. The first-order valence-electron chi connectivity index (χ1n) is 5.43. The van der Waals surface area contributed by atoms with Crippen LogP contribution in [0, 0.1) is 0 Å². The number of alkyl halides is 1. The van der Waals surface area contributed by atoms with Crippen LogP contribution in [-0.2, 0) is 4.79 Å². The van der Waals surface area contributed by atoms with E-state index in [1.165, 1.54) is 0 Å². The molecule has 0 radical (unpaired) electrons. The van der Waals surface area contributed by atoms with Crippen molar-refractivity contribution >= 4 is 23.5 Å². The summed E-state index contributed by atoms with van der Waals surface area (Å²) in [6.07, 6.45) is 0. The van der Waals surface area contributed by atoms with Crippen molar-refractivity contribution in [2.24, 2.45) is 0 Å². The van der Waals surface area contributed by atoms with Crippen LogP contribution >= 0.6 is 11.6 Å². The van der Waals surface area contributed by atoms with E-state index in [1.807, 2.05) is 0 Å². The minimum Gasteiger partial charge on any atom is -0.322 e. The molecule has 1 saturated heterocycles. The highest BCUT2D eigenvalue weighted by Gasteiger charge is 2.23. The van der Waals surface area contributed by atoms with Crippen LogP contribution in [0.4, 0.5) is 4.79 Å². The number of imide groups is 1.